The molecule has 0 bridgehead atoms. The van der Waals surface area contributed by atoms with Crippen molar-refractivity contribution in [1.82, 2.24) is 0 Å². The second-order valence-corrected chi connectivity index (χ2v) is 7.63. The molecule has 0 radical (unpaired) electrons. The van der Waals surface area contributed by atoms with Gasteiger partial charge in [0, 0.05) is 26.1 Å². The van der Waals surface area contributed by atoms with Crippen molar-refractivity contribution in [3.8, 4) is 0 Å². The fourth-order valence-corrected chi connectivity index (χ4v) is 4.53. The molecule has 0 fully saturated rings. The van der Waals surface area contributed by atoms with E-state index in [1.165, 1.54) is 11.3 Å². The summed E-state index contributed by atoms with van der Waals surface area (Å²) in [5.41, 5.74) is 3.67. The van der Waals surface area contributed by atoms with Gasteiger partial charge in [0.2, 0.25) is 0 Å². The number of allylic oxidation sites excluding steroid dienone is 2. The monoisotopic (exact) mass is 393 g/mol. The SMILES string of the molecule is Clc1ccc([C@H]2Nc3ccc(Br)cc3[C@H]3C=CC[C@H]32)c(Cl)c1. The maximum Gasteiger partial charge on any atom is 0.0568 e. The Labute approximate surface area is 148 Å². The van der Waals surface area contributed by atoms with Crippen molar-refractivity contribution >= 4 is 44.8 Å². The fraction of sp³-hybridized carbons (Fsp3) is 0.222. The molecule has 1 heterocycles. The van der Waals surface area contributed by atoms with E-state index in [9.17, 15) is 0 Å². The first kappa shape index (κ1) is 14.6. The summed E-state index contributed by atoms with van der Waals surface area (Å²) in [6.07, 6.45) is 5.67. The van der Waals surface area contributed by atoms with Crippen LogP contribution in [0.1, 0.15) is 29.5 Å². The van der Waals surface area contributed by atoms with Crippen LogP contribution in [0.5, 0.6) is 0 Å². The van der Waals surface area contributed by atoms with Crippen LogP contribution in [-0.2, 0) is 0 Å². The predicted octanol–water partition coefficient (Wildman–Crippen LogP) is 6.58. The van der Waals surface area contributed by atoms with E-state index in [2.05, 4.69) is 51.6 Å². The number of hydrogen-bond acceptors (Lipinski definition) is 1. The minimum absolute atomic E-state index is 0.207. The van der Waals surface area contributed by atoms with Crippen LogP contribution in [-0.4, -0.2) is 0 Å². The van der Waals surface area contributed by atoms with E-state index in [1.54, 1.807) is 0 Å². The molecule has 2 aromatic carbocycles. The highest BCUT2D eigenvalue weighted by molar-refractivity contribution is 9.10. The van der Waals surface area contributed by atoms with E-state index in [4.69, 9.17) is 23.2 Å². The van der Waals surface area contributed by atoms with Crippen LogP contribution in [0, 0.1) is 5.92 Å². The molecule has 1 aliphatic carbocycles. The minimum Gasteiger partial charge on any atom is -0.378 e. The molecule has 1 nitrogen and oxygen atoms in total. The Kier molecular flexibility index (Phi) is 3.72. The Morgan fingerprint density at radius 1 is 1.05 bits per heavy atom. The van der Waals surface area contributed by atoms with Crippen molar-refractivity contribution in [1.29, 1.82) is 0 Å². The highest BCUT2D eigenvalue weighted by Gasteiger charge is 2.38. The molecule has 1 aliphatic heterocycles. The first-order valence-corrected chi connectivity index (χ1v) is 8.86. The summed E-state index contributed by atoms with van der Waals surface area (Å²) in [7, 11) is 0. The first-order valence-electron chi connectivity index (χ1n) is 7.31. The highest BCUT2D eigenvalue weighted by Crippen LogP contribution is 2.51. The zero-order valence-electron chi connectivity index (χ0n) is 11.7. The van der Waals surface area contributed by atoms with E-state index in [0.29, 0.717) is 16.9 Å². The van der Waals surface area contributed by atoms with Crippen molar-refractivity contribution < 1.29 is 0 Å². The van der Waals surface area contributed by atoms with E-state index < -0.39 is 0 Å². The first-order chi connectivity index (χ1) is 10.6. The second kappa shape index (κ2) is 5.59. The van der Waals surface area contributed by atoms with Gasteiger partial charge in [0.1, 0.15) is 0 Å². The maximum absolute atomic E-state index is 6.45. The van der Waals surface area contributed by atoms with Crippen LogP contribution in [0.15, 0.2) is 53.0 Å². The number of halogens is 3. The van der Waals surface area contributed by atoms with Crippen molar-refractivity contribution in [2.24, 2.45) is 5.92 Å². The lowest BCUT2D eigenvalue weighted by molar-refractivity contribution is 0.425. The van der Waals surface area contributed by atoms with E-state index in [-0.39, 0.29) is 6.04 Å². The van der Waals surface area contributed by atoms with Crippen molar-refractivity contribution in [3.05, 3.63) is 74.2 Å². The maximum atomic E-state index is 6.45. The van der Waals surface area contributed by atoms with Gasteiger partial charge in [-0.1, -0.05) is 57.4 Å². The number of benzene rings is 2. The smallest absolute Gasteiger partial charge is 0.0568 e. The minimum atomic E-state index is 0.207. The molecule has 1 N–H and O–H groups in total. The Balaban J connectivity index is 1.81. The van der Waals surface area contributed by atoms with Crippen LogP contribution in [0.2, 0.25) is 10.0 Å². The molecule has 4 rings (SSSR count). The van der Waals surface area contributed by atoms with E-state index >= 15 is 0 Å². The molecule has 0 saturated carbocycles. The molecule has 2 aliphatic rings. The van der Waals surface area contributed by atoms with Crippen LogP contribution in [0.25, 0.3) is 0 Å². The normalized spacial score (nSPS) is 25.5. The molecule has 0 spiro atoms. The largest absolute Gasteiger partial charge is 0.378 e. The Morgan fingerprint density at radius 2 is 1.91 bits per heavy atom. The van der Waals surface area contributed by atoms with Gasteiger partial charge in [-0.05, 0) is 53.8 Å². The molecule has 0 saturated heterocycles. The van der Waals surface area contributed by atoms with E-state index in [0.717, 1.165) is 21.5 Å². The van der Waals surface area contributed by atoms with Gasteiger partial charge in [-0.2, -0.15) is 0 Å². The quantitative estimate of drug-likeness (QED) is 0.538. The molecule has 3 atom stereocenters. The summed E-state index contributed by atoms with van der Waals surface area (Å²) in [6, 6.07) is 12.4. The van der Waals surface area contributed by atoms with Crippen molar-refractivity contribution in [2.45, 2.75) is 18.4 Å². The number of rotatable bonds is 1. The van der Waals surface area contributed by atoms with Crippen LogP contribution in [0.4, 0.5) is 5.69 Å². The molecular formula is C18H14BrCl2N. The van der Waals surface area contributed by atoms with Gasteiger partial charge in [-0.15, -0.1) is 0 Å². The van der Waals surface area contributed by atoms with Crippen LogP contribution >= 0.6 is 39.1 Å². The van der Waals surface area contributed by atoms with Crippen LogP contribution < -0.4 is 5.32 Å². The molecule has 4 heteroatoms. The van der Waals surface area contributed by atoms with Gasteiger partial charge in [0.05, 0.1) is 6.04 Å². The number of hydrogen-bond donors (Lipinski definition) is 1. The van der Waals surface area contributed by atoms with Gasteiger partial charge in [0.25, 0.3) is 0 Å². The number of anilines is 1. The standard InChI is InChI=1S/C18H14BrCl2N/c19-10-4-7-17-15(8-10)12-2-1-3-13(12)18(22-17)14-6-5-11(20)9-16(14)21/h1-2,4-9,12-13,18,22H,3H2/t12-,13+,18-/m0/s1. The highest BCUT2D eigenvalue weighted by atomic mass is 79.9. The molecule has 112 valence electrons. The van der Waals surface area contributed by atoms with Crippen molar-refractivity contribution in [2.75, 3.05) is 5.32 Å². The summed E-state index contributed by atoms with van der Waals surface area (Å²) in [4.78, 5) is 0. The van der Waals surface area contributed by atoms with Crippen molar-refractivity contribution in [3.63, 3.8) is 0 Å². The third-order valence-corrected chi connectivity index (χ3v) is 5.68. The zero-order valence-corrected chi connectivity index (χ0v) is 14.8. The average molecular weight is 395 g/mol. The summed E-state index contributed by atoms with van der Waals surface area (Å²) >= 11 is 16.1. The predicted molar refractivity (Wildman–Crippen MR) is 97.0 cm³/mol. The lowest BCUT2D eigenvalue weighted by Gasteiger charge is -2.38. The second-order valence-electron chi connectivity index (χ2n) is 5.87. The molecule has 0 unspecified atom stereocenters. The topological polar surface area (TPSA) is 12.0 Å². The molecule has 2 aromatic rings. The Bertz CT molecular complexity index is 772. The third-order valence-electron chi connectivity index (χ3n) is 4.62. The molecule has 0 aromatic heterocycles. The summed E-state index contributed by atoms with van der Waals surface area (Å²) in [5.74, 6) is 0.922. The molecule has 0 amide bonds. The Morgan fingerprint density at radius 3 is 2.73 bits per heavy atom. The van der Waals surface area contributed by atoms with Gasteiger partial charge in [-0.3, -0.25) is 0 Å². The van der Waals surface area contributed by atoms with Gasteiger partial charge in [-0.25, -0.2) is 0 Å². The lowest BCUT2D eigenvalue weighted by atomic mass is 9.77. The zero-order chi connectivity index (χ0) is 15.3. The summed E-state index contributed by atoms with van der Waals surface area (Å²) < 4.78 is 1.12. The van der Waals surface area contributed by atoms with Gasteiger partial charge < -0.3 is 5.32 Å². The third kappa shape index (κ3) is 2.38. The fourth-order valence-electron chi connectivity index (χ4n) is 3.63. The average Bonchev–Trinajstić information content (AvgIpc) is 2.97. The van der Waals surface area contributed by atoms with E-state index in [1.807, 2.05) is 18.2 Å². The molecule has 22 heavy (non-hydrogen) atoms. The number of nitrogens with one attached hydrogen (secondary N) is 1. The Hall–Kier alpha value is -0.960. The lowest BCUT2D eigenvalue weighted by Crippen LogP contribution is -2.29. The molecular weight excluding hydrogens is 381 g/mol. The van der Waals surface area contributed by atoms with Gasteiger partial charge >= 0.3 is 0 Å². The summed E-state index contributed by atoms with van der Waals surface area (Å²) in [6.45, 7) is 0. The van der Waals surface area contributed by atoms with Gasteiger partial charge in [0.15, 0.2) is 0 Å². The number of fused-ring (bicyclic) bond motifs is 3. The summed E-state index contributed by atoms with van der Waals surface area (Å²) in [5, 5.41) is 5.09. The van der Waals surface area contributed by atoms with Crippen LogP contribution in [0.3, 0.4) is 0 Å².